The third kappa shape index (κ3) is 11.2. The second kappa shape index (κ2) is 22.5. The molecule has 2 saturated heterocycles. The first kappa shape index (κ1) is 56.1. The smallest absolute Gasteiger partial charge is 0.308 e. The van der Waals surface area contributed by atoms with Crippen LogP contribution in [0.4, 0.5) is 5.69 Å². The number of nitrogens with zero attached hydrogens (tertiary/aromatic N) is 7. The number of likely N-dealkylation sites (tertiary alicyclic amines) is 1. The van der Waals surface area contributed by atoms with Gasteiger partial charge < -0.3 is 44.7 Å². The molecule has 7 aromatic rings. The van der Waals surface area contributed by atoms with Crippen LogP contribution >= 0.6 is 22.7 Å². The fourth-order valence-corrected chi connectivity index (χ4v) is 13.5. The summed E-state index contributed by atoms with van der Waals surface area (Å²) in [7, 11) is 1.37. The number of rotatable bonds is 15. The van der Waals surface area contributed by atoms with Gasteiger partial charge in [0.2, 0.25) is 17.7 Å². The second-order valence-corrected chi connectivity index (χ2v) is 25.2. The van der Waals surface area contributed by atoms with Crippen LogP contribution in [0.3, 0.4) is 0 Å². The van der Waals surface area contributed by atoms with E-state index >= 15 is 0 Å². The number of anilines is 1. The minimum atomic E-state index is -1.06. The van der Waals surface area contributed by atoms with E-state index in [0.717, 1.165) is 78.5 Å². The number of thiophene rings is 1. The highest BCUT2D eigenvalue weighted by atomic mass is 32.1. The van der Waals surface area contributed by atoms with Crippen molar-refractivity contribution in [1.29, 1.82) is 0 Å². The normalized spacial score (nSPS) is 21.2. The molecule has 1 unspecified atom stereocenters. The van der Waals surface area contributed by atoms with Gasteiger partial charge in [0.1, 0.15) is 46.4 Å². The first-order valence-corrected chi connectivity index (χ1v) is 29.5. The highest BCUT2D eigenvalue weighted by molar-refractivity contribution is 7.15. The van der Waals surface area contributed by atoms with Crippen molar-refractivity contribution >= 4 is 74.6 Å². The van der Waals surface area contributed by atoms with E-state index in [2.05, 4.69) is 74.1 Å². The summed E-state index contributed by atoms with van der Waals surface area (Å²) in [6.07, 6.45) is 1.08. The van der Waals surface area contributed by atoms with Crippen molar-refractivity contribution in [2.45, 2.75) is 130 Å². The maximum absolute atomic E-state index is 14.4. The molecule has 1 saturated carbocycles. The quantitative estimate of drug-likeness (QED) is 0.0707. The highest BCUT2D eigenvalue weighted by Crippen LogP contribution is 2.41. The first-order chi connectivity index (χ1) is 39.2. The summed E-state index contributed by atoms with van der Waals surface area (Å²) in [6.45, 7) is 16.7. The van der Waals surface area contributed by atoms with E-state index in [9.17, 15) is 29.1 Å². The Labute approximate surface area is 483 Å². The number of hydrogen-bond donors (Lipinski definition) is 4. The molecule has 19 nitrogen and oxygen atoms in total. The molecule has 3 aliphatic heterocycles. The van der Waals surface area contributed by atoms with Gasteiger partial charge in [-0.05, 0) is 99.5 Å². The third-order valence-corrected chi connectivity index (χ3v) is 18.5. The number of aryl methyl sites for hydroxylation is 3. The predicted octanol–water partition coefficient (Wildman–Crippen LogP) is 8.42. The van der Waals surface area contributed by atoms with Crippen molar-refractivity contribution < 1.29 is 43.0 Å². The summed E-state index contributed by atoms with van der Waals surface area (Å²) >= 11 is 3.23. The maximum atomic E-state index is 14.4. The molecule has 4 aromatic heterocycles. The lowest BCUT2D eigenvalue weighted by atomic mass is 9.85. The van der Waals surface area contributed by atoms with Crippen molar-refractivity contribution in [3.63, 3.8) is 0 Å². The number of aromatic nitrogens is 4. The number of fused-ring (bicyclic) bond motifs is 4. The first-order valence-electron chi connectivity index (χ1n) is 27.8. The van der Waals surface area contributed by atoms with Crippen molar-refractivity contribution in [3.05, 3.63) is 129 Å². The van der Waals surface area contributed by atoms with Crippen molar-refractivity contribution in [3.8, 4) is 21.2 Å². The molecular weight excluding hydrogens is 1080 g/mol. The van der Waals surface area contributed by atoms with Crippen molar-refractivity contribution in [1.82, 2.24) is 40.6 Å². The van der Waals surface area contributed by atoms with E-state index in [4.69, 9.17) is 18.9 Å². The number of ether oxygens (including phenoxy) is 2. The van der Waals surface area contributed by atoms with Crippen LogP contribution in [0, 0.1) is 39.0 Å². The lowest BCUT2D eigenvalue weighted by molar-refractivity contribution is -0.142. The Bertz CT molecular complexity index is 3630. The van der Waals surface area contributed by atoms with Gasteiger partial charge in [-0.25, -0.2) is 4.98 Å². The molecule has 0 radical (unpaired) electrons. The number of amides is 4. The summed E-state index contributed by atoms with van der Waals surface area (Å²) in [5.74, 6) is -0.0692. The number of benzene rings is 3. The SMILES string of the molecule is COC(=O)C[C@@H]1N=C(c2ccc(N3CCC(C(=O)N[C@H]4C[C@@H](Oc5ccc6oc(C(=O)N[C@H](C(=O)N7C[C@H](O)C[C@H]7C(=O)N[C@@H](C)c7ccc(-c8scnc8C)cc7)C(C)(C)C)cc6c5)C4)C3)cc2)c2c(sc(C)c2C)-n2c(C)nnc21. The average molecular weight is 1150 g/mol. The number of methoxy groups -OCH3 is 1. The average Bonchev–Trinajstić information content (AvgIpc) is 2.99. The van der Waals surface area contributed by atoms with E-state index in [1.807, 2.05) is 75.9 Å². The minimum Gasteiger partial charge on any atom is -0.490 e. The topological polar surface area (TPSA) is 236 Å². The summed E-state index contributed by atoms with van der Waals surface area (Å²) in [5, 5.41) is 30.4. The molecule has 4 N–H and O–H groups in total. The van der Waals surface area contributed by atoms with E-state index in [-0.39, 0.29) is 61.1 Å². The van der Waals surface area contributed by atoms with E-state index < -0.39 is 47.4 Å². The van der Waals surface area contributed by atoms with Crippen LogP contribution < -0.4 is 25.6 Å². The van der Waals surface area contributed by atoms with Crippen LogP contribution in [0.2, 0.25) is 0 Å². The number of thiazole rings is 1. The Morgan fingerprint density at radius 2 is 1.63 bits per heavy atom. The van der Waals surface area contributed by atoms with Crippen LogP contribution in [-0.2, 0) is 23.9 Å². The van der Waals surface area contributed by atoms with Crippen molar-refractivity contribution in [2.75, 3.05) is 31.6 Å². The number of nitrogens with one attached hydrogen (secondary N) is 3. The lowest BCUT2D eigenvalue weighted by Crippen LogP contribution is -2.57. The molecule has 6 atom stereocenters. The Hall–Kier alpha value is -7.75. The van der Waals surface area contributed by atoms with Gasteiger partial charge in [0.05, 0.1) is 53.4 Å². The highest BCUT2D eigenvalue weighted by Gasteiger charge is 2.45. The molecule has 3 aromatic carbocycles. The molecule has 7 heterocycles. The standard InChI is InChI=1S/C61H68N10O9S2/c1-31-34(4)82-60-51(31)52(65-46(27-50(73)78-9)55-68-67-35(5)71(55)60)37-14-16-42(17-15-37)69-21-20-39(28-69)56(74)64-41-24-45(25-41)79-44-18-19-48-40(22-44)23-49(80-48)58(76)66-54(61(6,7)8)59(77)70-29-43(72)26-47(70)57(75)63-32(2)36-10-12-38(13-11-36)53-33(3)62-30-81-53/h10-19,22-23,30,32,39,41,43,45-47,54,72H,20-21,24-29H2,1-9H3,(H,63,75)(H,64,74)(H,66,76)/t32-,39?,41-,43+,45+,46-,47-,54+/m0/s1. The number of carbonyl (C=O) groups is 5. The van der Waals surface area contributed by atoms with E-state index in [0.29, 0.717) is 41.9 Å². The second-order valence-electron chi connectivity index (χ2n) is 23.2. The number of esters is 1. The summed E-state index contributed by atoms with van der Waals surface area (Å²) in [5.41, 5.74) is 9.19. The van der Waals surface area contributed by atoms with Gasteiger partial charge in [0, 0.05) is 72.0 Å². The third-order valence-electron chi connectivity index (χ3n) is 16.4. The molecule has 0 spiro atoms. The Morgan fingerprint density at radius 3 is 2.34 bits per heavy atom. The van der Waals surface area contributed by atoms with Crippen LogP contribution in [0.15, 0.2) is 87.7 Å². The number of aliphatic imine (C=N–C) groups is 1. The summed E-state index contributed by atoms with van der Waals surface area (Å²) < 4.78 is 19.4. The van der Waals surface area contributed by atoms with Crippen molar-refractivity contribution in [2.24, 2.45) is 16.3 Å². The van der Waals surface area contributed by atoms with Gasteiger partial charge in [0.25, 0.3) is 5.91 Å². The summed E-state index contributed by atoms with van der Waals surface area (Å²) in [6, 6.07) is 20.1. The van der Waals surface area contributed by atoms with Crippen LogP contribution in [0.5, 0.6) is 5.75 Å². The largest absolute Gasteiger partial charge is 0.490 e. The Morgan fingerprint density at radius 1 is 0.890 bits per heavy atom. The minimum absolute atomic E-state index is 0.00533. The van der Waals surface area contributed by atoms with Gasteiger partial charge in [-0.3, -0.25) is 33.5 Å². The molecule has 11 rings (SSSR count). The van der Waals surface area contributed by atoms with Gasteiger partial charge >= 0.3 is 5.97 Å². The molecule has 21 heteroatoms. The zero-order valence-corrected chi connectivity index (χ0v) is 49.1. The monoisotopic (exact) mass is 1150 g/mol. The predicted molar refractivity (Wildman–Crippen MR) is 313 cm³/mol. The molecule has 82 heavy (non-hydrogen) atoms. The Kier molecular flexibility index (Phi) is 15.4. The molecule has 4 amide bonds. The van der Waals surface area contributed by atoms with Gasteiger partial charge in [0.15, 0.2) is 11.6 Å². The zero-order valence-electron chi connectivity index (χ0n) is 47.4. The number of hydrogen-bond acceptors (Lipinski definition) is 16. The molecular formula is C61H68N10O9S2. The molecule has 4 aliphatic rings. The van der Waals surface area contributed by atoms with E-state index in [1.165, 1.54) is 12.0 Å². The molecule has 3 fully saturated rings. The van der Waals surface area contributed by atoms with Crippen LogP contribution in [0.1, 0.15) is 127 Å². The molecule has 428 valence electrons. The van der Waals surface area contributed by atoms with Gasteiger partial charge in [-0.15, -0.1) is 32.9 Å². The number of furan rings is 1. The van der Waals surface area contributed by atoms with E-state index in [1.54, 1.807) is 46.9 Å². The fourth-order valence-electron chi connectivity index (χ4n) is 11.5. The van der Waals surface area contributed by atoms with Crippen LogP contribution in [-0.4, -0.2) is 122 Å². The number of aliphatic hydroxyl groups is 1. The lowest BCUT2D eigenvalue weighted by Gasteiger charge is -2.36. The molecule has 0 bridgehead atoms. The zero-order chi connectivity index (χ0) is 57.9. The number of β-amino-alcohol motifs (C(OH)–C–C–N with tert-alkyl or cyclic N) is 1. The maximum Gasteiger partial charge on any atom is 0.308 e. The van der Waals surface area contributed by atoms with Crippen LogP contribution in [0.25, 0.3) is 26.4 Å². The molecule has 1 aliphatic carbocycles. The number of aliphatic hydroxyl groups excluding tert-OH is 1. The number of carbonyl (C=O) groups excluding carboxylic acids is 5. The Balaban J connectivity index is 0.669. The fraction of sp³-hybridized carbons (Fsp3) is 0.426. The van der Waals surface area contributed by atoms with Gasteiger partial charge in [-0.2, -0.15) is 0 Å². The van der Waals surface area contributed by atoms with Gasteiger partial charge in [-0.1, -0.05) is 57.2 Å². The summed E-state index contributed by atoms with van der Waals surface area (Å²) in [4.78, 5) is 83.8.